The van der Waals surface area contributed by atoms with Gasteiger partial charge in [-0.1, -0.05) is 76.7 Å². The molecule has 0 aliphatic carbocycles. The van der Waals surface area contributed by atoms with Crippen molar-refractivity contribution in [3.05, 3.63) is 64.7 Å². The molecule has 0 aromatic heterocycles. The number of rotatable bonds is 5. The highest BCUT2D eigenvalue weighted by Crippen LogP contribution is 2.34. The third-order valence-electron chi connectivity index (χ3n) is 3.66. The number of thiocarbonyl (C=S) groups is 1. The second-order valence-electron chi connectivity index (χ2n) is 6.00. The van der Waals surface area contributed by atoms with Gasteiger partial charge in [0.15, 0.2) is 5.11 Å². The molecule has 0 saturated carbocycles. The van der Waals surface area contributed by atoms with Crippen LogP contribution >= 0.6 is 58.6 Å². The molecule has 2 aromatic carbocycles. The zero-order valence-electron chi connectivity index (χ0n) is 14.9. The van der Waals surface area contributed by atoms with Crippen molar-refractivity contribution in [2.75, 3.05) is 5.32 Å². The molecule has 0 radical (unpaired) electrons. The molecule has 1 amide bonds. The van der Waals surface area contributed by atoms with E-state index in [9.17, 15) is 18.0 Å². The van der Waals surface area contributed by atoms with Crippen LogP contribution in [0.15, 0.2) is 48.5 Å². The van der Waals surface area contributed by atoms with E-state index in [2.05, 4.69) is 16.0 Å². The number of halogens is 7. The van der Waals surface area contributed by atoms with Gasteiger partial charge in [-0.3, -0.25) is 4.79 Å². The summed E-state index contributed by atoms with van der Waals surface area (Å²) in [4.78, 5) is 12.3. The molecule has 0 heterocycles. The van der Waals surface area contributed by atoms with Crippen LogP contribution in [0, 0.1) is 0 Å². The Kier molecular flexibility index (Phi) is 8.47. The Bertz CT molecular complexity index is 908. The average Bonchev–Trinajstić information content (AvgIpc) is 2.62. The third kappa shape index (κ3) is 7.67. The van der Waals surface area contributed by atoms with Crippen LogP contribution in [0.2, 0.25) is 5.02 Å². The molecule has 0 aliphatic heterocycles. The number of amides is 1. The summed E-state index contributed by atoms with van der Waals surface area (Å²) in [7, 11) is 0. The van der Waals surface area contributed by atoms with Crippen LogP contribution < -0.4 is 16.0 Å². The molecule has 0 fully saturated rings. The molecule has 2 aromatic rings. The van der Waals surface area contributed by atoms with Crippen LogP contribution in [0.1, 0.15) is 11.1 Å². The van der Waals surface area contributed by atoms with E-state index in [1.165, 1.54) is 0 Å². The monoisotopic (exact) mass is 517 g/mol. The highest BCUT2D eigenvalue weighted by molar-refractivity contribution is 7.80. The zero-order chi connectivity index (χ0) is 22.5. The maximum absolute atomic E-state index is 12.9. The van der Waals surface area contributed by atoms with E-state index < -0.39 is 27.6 Å². The Morgan fingerprint density at radius 1 is 1.03 bits per heavy atom. The summed E-state index contributed by atoms with van der Waals surface area (Å²) in [6.07, 6.45) is -5.83. The molecule has 2 rings (SSSR count). The summed E-state index contributed by atoms with van der Waals surface area (Å²) >= 11 is 28.7. The van der Waals surface area contributed by atoms with Gasteiger partial charge in [-0.05, 0) is 36.0 Å². The van der Waals surface area contributed by atoms with Crippen molar-refractivity contribution in [1.29, 1.82) is 0 Å². The summed E-state index contributed by atoms with van der Waals surface area (Å²) in [6.45, 7) is 0. The van der Waals surface area contributed by atoms with Crippen molar-refractivity contribution < 1.29 is 18.0 Å². The number of carbonyl (C=O) groups excluding carboxylic acids is 1. The fourth-order valence-corrected chi connectivity index (χ4v) is 3.00. The van der Waals surface area contributed by atoms with Crippen LogP contribution in [0.4, 0.5) is 18.9 Å². The molecule has 0 unspecified atom stereocenters. The number of hydrogen-bond acceptors (Lipinski definition) is 2. The summed E-state index contributed by atoms with van der Waals surface area (Å²) in [6, 6.07) is 11.5. The molecule has 30 heavy (non-hydrogen) atoms. The Morgan fingerprint density at radius 3 is 2.23 bits per heavy atom. The maximum atomic E-state index is 12.9. The molecule has 4 nitrogen and oxygen atoms in total. The minimum Gasteiger partial charge on any atom is -0.339 e. The van der Waals surface area contributed by atoms with Crippen LogP contribution in [0.3, 0.4) is 0 Å². The van der Waals surface area contributed by atoms with Crippen LogP contribution in [-0.4, -0.2) is 21.0 Å². The normalized spacial score (nSPS) is 12.8. The topological polar surface area (TPSA) is 53.2 Å². The van der Waals surface area contributed by atoms with E-state index in [0.717, 1.165) is 23.8 Å². The summed E-state index contributed by atoms with van der Waals surface area (Å²) in [5.41, 5.74) is -0.302. The fourth-order valence-electron chi connectivity index (χ4n) is 2.28. The number of anilines is 1. The summed E-state index contributed by atoms with van der Waals surface area (Å²) in [5, 5.41) is 7.33. The number of hydrogen-bond donors (Lipinski definition) is 3. The van der Waals surface area contributed by atoms with Crippen molar-refractivity contribution in [3.63, 3.8) is 0 Å². The lowest BCUT2D eigenvalue weighted by molar-refractivity contribution is -0.137. The largest absolute Gasteiger partial charge is 0.416 e. The van der Waals surface area contributed by atoms with Crippen LogP contribution in [0.25, 0.3) is 0 Å². The van der Waals surface area contributed by atoms with E-state index in [1.807, 2.05) is 0 Å². The van der Waals surface area contributed by atoms with Gasteiger partial charge in [0.1, 0.15) is 6.17 Å². The Hall–Kier alpha value is -1.45. The van der Waals surface area contributed by atoms with Gasteiger partial charge in [-0.25, -0.2) is 0 Å². The van der Waals surface area contributed by atoms with Gasteiger partial charge in [-0.15, -0.1) is 0 Å². The number of benzene rings is 2. The van der Waals surface area contributed by atoms with Gasteiger partial charge in [0, 0.05) is 0 Å². The third-order valence-corrected chi connectivity index (χ3v) is 4.86. The lowest BCUT2D eigenvalue weighted by Crippen LogP contribution is -2.56. The predicted molar refractivity (Wildman–Crippen MR) is 118 cm³/mol. The van der Waals surface area contributed by atoms with Gasteiger partial charge in [-0.2, -0.15) is 13.2 Å². The SMILES string of the molecule is O=C(Cc1ccccc1)N[C@H](NC(=S)Nc1cc(C(F)(F)F)ccc1Cl)C(Cl)(Cl)Cl. The molecule has 12 heteroatoms. The van der Waals surface area contributed by atoms with Crippen LogP contribution in [0.5, 0.6) is 0 Å². The Labute approximate surface area is 196 Å². The second kappa shape index (κ2) is 10.2. The molecular weight excluding hydrogens is 505 g/mol. The molecule has 3 N–H and O–H groups in total. The van der Waals surface area contributed by atoms with Gasteiger partial charge in [0.25, 0.3) is 0 Å². The molecule has 0 saturated heterocycles. The maximum Gasteiger partial charge on any atom is 0.416 e. The van der Waals surface area contributed by atoms with Crippen molar-refractivity contribution in [3.8, 4) is 0 Å². The van der Waals surface area contributed by atoms with Gasteiger partial charge in [0.05, 0.1) is 22.7 Å². The Balaban J connectivity index is 2.08. The summed E-state index contributed by atoms with van der Waals surface area (Å²) in [5.74, 6) is -0.468. The molecular formula is C18H14Cl4F3N3OS. The number of alkyl halides is 6. The van der Waals surface area contributed by atoms with E-state index in [1.54, 1.807) is 30.3 Å². The van der Waals surface area contributed by atoms with Gasteiger partial charge in [0.2, 0.25) is 9.70 Å². The van der Waals surface area contributed by atoms with Crippen molar-refractivity contribution in [2.24, 2.45) is 0 Å². The number of carbonyl (C=O) groups is 1. The van der Waals surface area contributed by atoms with Crippen LogP contribution in [-0.2, 0) is 17.4 Å². The van der Waals surface area contributed by atoms with Crippen molar-refractivity contribution in [1.82, 2.24) is 10.6 Å². The standard InChI is InChI=1S/C18H14Cl4F3N3OS/c19-12-7-6-11(18(23,24)25)9-13(12)26-16(30)28-15(17(20,21)22)27-14(29)8-10-4-2-1-3-5-10/h1-7,9,15H,8H2,(H,27,29)(H2,26,28,30)/t15-/m1/s1. The molecule has 162 valence electrons. The second-order valence-corrected chi connectivity index (χ2v) is 9.18. The van der Waals surface area contributed by atoms with E-state index >= 15 is 0 Å². The Morgan fingerprint density at radius 2 is 1.67 bits per heavy atom. The van der Waals surface area contributed by atoms with Gasteiger partial charge < -0.3 is 16.0 Å². The quantitative estimate of drug-likeness (QED) is 0.270. The smallest absolute Gasteiger partial charge is 0.339 e. The van der Waals surface area contributed by atoms with Crippen molar-refractivity contribution >= 4 is 75.3 Å². The predicted octanol–water partition coefficient (Wildman–Crippen LogP) is 5.70. The minimum atomic E-state index is -4.57. The minimum absolute atomic E-state index is 0.00861. The fraction of sp³-hybridized carbons (Fsp3) is 0.222. The van der Waals surface area contributed by atoms with E-state index in [4.69, 9.17) is 58.6 Å². The molecule has 0 aliphatic rings. The summed E-state index contributed by atoms with van der Waals surface area (Å²) < 4.78 is 36.7. The average molecular weight is 519 g/mol. The van der Waals surface area contributed by atoms with E-state index in [-0.39, 0.29) is 22.2 Å². The van der Waals surface area contributed by atoms with Gasteiger partial charge >= 0.3 is 6.18 Å². The first kappa shape index (κ1) is 24.8. The first-order valence-corrected chi connectivity index (χ1v) is 10.1. The number of nitrogens with one attached hydrogen (secondary N) is 3. The zero-order valence-corrected chi connectivity index (χ0v) is 18.7. The highest BCUT2D eigenvalue weighted by Gasteiger charge is 2.35. The van der Waals surface area contributed by atoms with E-state index in [0.29, 0.717) is 0 Å². The molecule has 1 atom stereocenters. The van der Waals surface area contributed by atoms with Crippen molar-refractivity contribution in [2.45, 2.75) is 22.6 Å². The lowest BCUT2D eigenvalue weighted by atomic mass is 10.1. The first-order chi connectivity index (χ1) is 13.9. The first-order valence-electron chi connectivity index (χ1n) is 8.20. The highest BCUT2D eigenvalue weighted by atomic mass is 35.6. The lowest BCUT2D eigenvalue weighted by Gasteiger charge is -2.28. The molecule has 0 spiro atoms. The molecule has 0 bridgehead atoms.